The van der Waals surface area contributed by atoms with Gasteiger partial charge in [-0.05, 0) is 154 Å². The number of carbonyl (C=O) groups is 8. The Morgan fingerprint density at radius 2 is 0.951 bits per heavy atom. The second-order valence-corrected chi connectivity index (χ2v) is 22.5. The van der Waals surface area contributed by atoms with Crippen molar-refractivity contribution in [1.29, 1.82) is 0 Å². The Hall–Kier alpha value is -8.24. The number of fused-ring (bicyclic) bond motifs is 2. The molecular formula is C57H64Cl2N8O14. The van der Waals surface area contributed by atoms with E-state index in [2.05, 4.69) is 31.2 Å². The molecule has 2 fully saturated rings. The monoisotopic (exact) mass is 1150 g/mol. The predicted molar refractivity (Wildman–Crippen MR) is 302 cm³/mol. The van der Waals surface area contributed by atoms with Crippen LogP contribution in [0.2, 0.25) is 10.0 Å². The minimum absolute atomic E-state index is 0.0270. The number of rotatable bonds is 12. The summed E-state index contributed by atoms with van der Waals surface area (Å²) in [5, 5.41) is 21.8. The van der Waals surface area contributed by atoms with Gasteiger partial charge in [-0.15, -0.1) is 0 Å². The molecule has 0 spiro atoms. The Morgan fingerprint density at radius 3 is 1.30 bits per heavy atom. The molecule has 0 saturated heterocycles. The van der Waals surface area contributed by atoms with Crippen LogP contribution in [-0.4, -0.2) is 117 Å². The molecule has 6 aromatic rings. The van der Waals surface area contributed by atoms with E-state index in [-0.39, 0.29) is 92.4 Å². The zero-order valence-electron chi connectivity index (χ0n) is 46.2. The number of amides is 6. The van der Waals surface area contributed by atoms with Gasteiger partial charge in [0.25, 0.3) is 11.8 Å². The van der Waals surface area contributed by atoms with Gasteiger partial charge in [-0.25, -0.2) is 29.1 Å². The zero-order chi connectivity index (χ0) is 59.1. The van der Waals surface area contributed by atoms with Crippen LogP contribution in [0.5, 0.6) is 0 Å². The number of carbonyl (C=O) groups excluding carboxylic acids is 7. The largest absolute Gasteiger partial charge is 0.478 e. The third-order valence-corrected chi connectivity index (χ3v) is 13.9. The molecule has 4 heterocycles. The SMILES string of the molecule is CN(C(=O)OC(C)(C)C)C1CCC(C(=O)Nc2c(C(=O)Nc3ccc(Cl)cn3)oc3ccc(C(=O)O)cc23)CC1.COC(=O)c1ccc2oc(C(=O)Nc3ccc(Cl)cn3)c(NC(=O)C3CCC(N(C)C(=O)OC(C)(C)C)CC3)c2c1. The van der Waals surface area contributed by atoms with Gasteiger partial charge in [0, 0.05) is 61.2 Å². The quantitative estimate of drug-likeness (QED) is 0.0562. The molecule has 4 aromatic heterocycles. The van der Waals surface area contributed by atoms with Crippen molar-refractivity contribution in [1.82, 2.24) is 19.8 Å². The maximum absolute atomic E-state index is 13.4. The first kappa shape index (κ1) is 60.4. The molecule has 0 radical (unpaired) electrons. The Balaban J connectivity index is 0.000000234. The second kappa shape index (κ2) is 25.5. The standard InChI is InChI=1S/C29H33ClN4O7.C28H31ClN4O7/c1-29(2,3)41-28(38)34(4)19-10-6-16(7-11-19)25(35)33-23-20-14-17(27(37)39-5)8-12-21(20)40-24(23)26(36)32-22-13-9-18(30)15-31-22;1-28(2,3)40-27(38)33(4)18-9-5-15(6-10-18)24(34)32-22-19-13-16(26(36)37)7-11-20(19)39-23(22)25(35)31-21-12-8-17(29)14-30-21/h8-9,12-16,19H,6-7,10-11H2,1-5H3,(H,33,35)(H,31,32,36);7-8,11-15,18H,5-6,9-10H2,1-4H3,(H,32,34)(H,36,37)(H,30,31,35). The number of methoxy groups -OCH3 is 1. The molecule has 0 unspecified atom stereocenters. The summed E-state index contributed by atoms with van der Waals surface area (Å²) in [4.78, 5) is 113. The molecule has 24 heteroatoms. The maximum atomic E-state index is 13.4. The number of pyridine rings is 2. The molecule has 2 aliphatic rings. The molecule has 81 heavy (non-hydrogen) atoms. The summed E-state index contributed by atoms with van der Waals surface area (Å²) in [5.74, 6) is -4.33. The minimum atomic E-state index is -1.16. The van der Waals surface area contributed by atoms with Crippen molar-refractivity contribution in [2.24, 2.45) is 11.8 Å². The molecule has 0 aliphatic heterocycles. The molecule has 2 aliphatic carbocycles. The van der Waals surface area contributed by atoms with Crippen molar-refractivity contribution in [2.75, 3.05) is 42.5 Å². The van der Waals surface area contributed by atoms with E-state index in [1.165, 1.54) is 68.0 Å². The highest BCUT2D eigenvalue weighted by molar-refractivity contribution is 6.30. The Kier molecular flexibility index (Phi) is 19.0. The van der Waals surface area contributed by atoms with Gasteiger partial charge in [-0.2, -0.15) is 0 Å². The number of aromatic nitrogens is 2. The van der Waals surface area contributed by atoms with Crippen molar-refractivity contribution in [3.05, 3.63) is 106 Å². The summed E-state index contributed by atoms with van der Waals surface area (Å²) in [6.45, 7) is 10.9. The van der Waals surface area contributed by atoms with Crippen molar-refractivity contribution in [3.63, 3.8) is 0 Å². The van der Waals surface area contributed by atoms with Crippen LogP contribution in [0.3, 0.4) is 0 Å². The number of hydrogen-bond donors (Lipinski definition) is 5. The number of nitrogens with zero attached hydrogens (tertiary/aromatic N) is 4. The van der Waals surface area contributed by atoms with Gasteiger partial charge in [0.1, 0.15) is 45.4 Å². The number of carboxylic acid groups (broad SMARTS) is 1. The summed E-state index contributed by atoms with van der Waals surface area (Å²) in [6.07, 6.45) is 6.44. The van der Waals surface area contributed by atoms with E-state index in [9.17, 15) is 43.5 Å². The summed E-state index contributed by atoms with van der Waals surface area (Å²) in [7, 11) is 4.66. The van der Waals surface area contributed by atoms with Crippen LogP contribution in [0.1, 0.15) is 135 Å². The average molecular weight is 1160 g/mol. The molecular weight excluding hydrogens is 1090 g/mol. The third-order valence-electron chi connectivity index (χ3n) is 13.5. The molecule has 5 N–H and O–H groups in total. The molecule has 0 bridgehead atoms. The Bertz CT molecular complexity index is 3330. The Labute approximate surface area is 476 Å². The summed E-state index contributed by atoms with van der Waals surface area (Å²) >= 11 is 11.8. The summed E-state index contributed by atoms with van der Waals surface area (Å²) in [5.41, 5.74) is -0.268. The van der Waals surface area contributed by atoms with Crippen molar-refractivity contribution in [3.8, 4) is 0 Å². The maximum Gasteiger partial charge on any atom is 0.410 e. The second-order valence-electron chi connectivity index (χ2n) is 21.6. The fraction of sp³-hybridized carbons (Fsp3) is 0.404. The molecule has 430 valence electrons. The molecule has 22 nitrogen and oxygen atoms in total. The van der Waals surface area contributed by atoms with Crippen LogP contribution in [0.4, 0.5) is 32.6 Å². The van der Waals surface area contributed by atoms with Crippen LogP contribution >= 0.6 is 23.2 Å². The van der Waals surface area contributed by atoms with Crippen LogP contribution in [0.15, 0.2) is 81.9 Å². The van der Waals surface area contributed by atoms with E-state index in [4.69, 9.17) is 46.2 Å². The van der Waals surface area contributed by atoms with Crippen LogP contribution in [0.25, 0.3) is 21.9 Å². The van der Waals surface area contributed by atoms with Crippen molar-refractivity contribution in [2.45, 2.75) is 116 Å². The highest BCUT2D eigenvalue weighted by atomic mass is 35.5. The van der Waals surface area contributed by atoms with Gasteiger partial charge < -0.3 is 59.2 Å². The van der Waals surface area contributed by atoms with Gasteiger partial charge in [0.05, 0.1) is 28.3 Å². The number of ether oxygens (including phenoxy) is 3. The van der Waals surface area contributed by atoms with Gasteiger partial charge >= 0.3 is 24.1 Å². The number of benzene rings is 2. The topological polar surface area (TPSA) is 291 Å². The smallest absolute Gasteiger partial charge is 0.410 e. The van der Waals surface area contributed by atoms with Gasteiger partial charge in [0.2, 0.25) is 23.3 Å². The number of nitrogens with one attached hydrogen (secondary N) is 4. The van der Waals surface area contributed by atoms with Crippen LogP contribution in [-0.2, 0) is 23.8 Å². The van der Waals surface area contributed by atoms with Gasteiger partial charge in [-0.1, -0.05) is 23.2 Å². The lowest BCUT2D eigenvalue weighted by Crippen LogP contribution is -2.43. The van der Waals surface area contributed by atoms with E-state index in [1.54, 1.807) is 56.8 Å². The molecule has 2 aromatic carbocycles. The third kappa shape index (κ3) is 15.6. The fourth-order valence-electron chi connectivity index (χ4n) is 9.25. The number of aromatic carboxylic acids is 1. The van der Waals surface area contributed by atoms with Gasteiger partial charge in [-0.3, -0.25) is 19.2 Å². The summed E-state index contributed by atoms with van der Waals surface area (Å²) < 4.78 is 27.4. The zero-order valence-corrected chi connectivity index (χ0v) is 47.7. The van der Waals surface area contributed by atoms with Crippen LogP contribution < -0.4 is 21.3 Å². The van der Waals surface area contributed by atoms with Crippen LogP contribution in [0, 0.1) is 11.8 Å². The number of esters is 1. The lowest BCUT2D eigenvalue weighted by Gasteiger charge is -2.35. The predicted octanol–water partition coefficient (Wildman–Crippen LogP) is 11.7. The van der Waals surface area contributed by atoms with Crippen molar-refractivity contribution >= 4 is 116 Å². The molecule has 2 saturated carbocycles. The lowest BCUT2D eigenvalue weighted by molar-refractivity contribution is -0.121. The summed E-state index contributed by atoms with van der Waals surface area (Å²) in [6, 6.07) is 14.7. The first-order chi connectivity index (χ1) is 38.2. The lowest BCUT2D eigenvalue weighted by atomic mass is 9.85. The molecule has 0 atom stereocenters. The van der Waals surface area contributed by atoms with E-state index in [1.807, 2.05) is 20.8 Å². The van der Waals surface area contributed by atoms with Crippen molar-refractivity contribution < 1.29 is 66.5 Å². The fourth-order valence-corrected chi connectivity index (χ4v) is 9.48. The number of anilines is 4. The number of halogens is 2. The van der Waals surface area contributed by atoms with E-state index < -0.39 is 47.1 Å². The number of furan rings is 2. The van der Waals surface area contributed by atoms with Gasteiger partial charge in [0.15, 0.2) is 0 Å². The van der Waals surface area contributed by atoms with E-state index in [0.717, 1.165) is 0 Å². The van der Waals surface area contributed by atoms with E-state index in [0.29, 0.717) is 72.4 Å². The highest BCUT2D eigenvalue weighted by Gasteiger charge is 2.36. The highest BCUT2D eigenvalue weighted by Crippen LogP contribution is 2.37. The number of carboxylic acids is 1. The first-order valence-electron chi connectivity index (χ1n) is 26.0. The van der Waals surface area contributed by atoms with E-state index >= 15 is 0 Å². The molecule has 8 rings (SSSR count). The Morgan fingerprint density at radius 1 is 0.568 bits per heavy atom. The average Bonchev–Trinajstić information content (AvgIpc) is 4.10. The minimum Gasteiger partial charge on any atom is -0.478 e. The first-order valence-corrected chi connectivity index (χ1v) is 26.8. The normalized spacial score (nSPS) is 17.1. The molecule has 6 amide bonds. The number of hydrogen-bond acceptors (Lipinski definition) is 15.